The number of carbonyl (C=O) groups excluding carboxylic acids is 1. The molecule has 1 aromatic rings. The molecule has 0 N–H and O–H groups in total. The van der Waals surface area contributed by atoms with Crippen LogP contribution in [-0.2, 0) is 9.53 Å². The van der Waals surface area contributed by atoms with Crippen molar-refractivity contribution in [1.29, 1.82) is 0 Å². The van der Waals surface area contributed by atoms with E-state index in [1.807, 2.05) is 24.3 Å². The van der Waals surface area contributed by atoms with Crippen LogP contribution in [0.4, 0.5) is 0 Å². The summed E-state index contributed by atoms with van der Waals surface area (Å²) in [6.45, 7) is 4.50. The number of carbonyl (C=O) groups is 1. The van der Waals surface area contributed by atoms with E-state index in [1.54, 1.807) is 17.2 Å². The number of benzene rings is 1. The van der Waals surface area contributed by atoms with E-state index in [4.69, 9.17) is 9.47 Å². The Kier molecular flexibility index (Phi) is 2.83. The van der Waals surface area contributed by atoms with E-state index in [0.717, 1.165) is 11.3 Å². The fourth-order valence-electron chi connectivity index (χ4n) is 2.21. The zero-order valence-corrected chi connectivity index (χ0v) is 10.3. The molecule has 1 aromatic carbocycles. The minimum atomic E-state index is -0.139. The molecule has 2 aliphatic heterocycles. The lowest BCUT2D eigenvalue weighted by Crippen LogP contribution is -2.35. The number of hydrogen-bond acceptors (Lipinski definition) is 3. The molecule has 96 valence electrons. The summed E-state index contributed by atoms with van der Waals surface area (Å²) >= 11 is 0. The SMILES string of the molecule is C=CC(=O)N1CCOC2=C1C=COc1ccccc12. The van der Waals surface area contributed by atoms with Gasteiger partial charge < -0.3 is 14.4 Å². The third-order valence-electron chi connectivity index (χ3n) is 3.08. The minimum Gasteiger partial charge on any atom is -0.489 e. The molecule has 0 aromatic heterocycles. The van der Waals surface area contributed by atoms with Crippen molar-refractivity contribution in [1.82, 2.24) is 4.90 Å². The maximum Gasteiger partial charge on any atom is 0.250 e. The molecule has 3 rings (SSSR count). The molecule has 0 aliphatic carbocycles. The van der Waals surface area contributed by atoms with E-state index in [1.165, 1.54) is 6.08 Å². The Hall–Kier alpha value is -2.49. The zero-order chi connectivity index (χ0) is 13.2. The van der Waals surface area contributed by atoms with Gasteiger partial charge in [-0.15, -0.1) is 0 Å². The monoisotopic (exact) mass is 255 g/mol. The normalized spacial score (nSPS) is 16.7. The molecule has 4 nitrogen and oxygen atoms in total. The maximum atomic E-state index is 11.9. The second-order valence-electron chi connectivity index (χ2n) is 4.17. The fraction of sp³-hybridized carbons (Fsp3) is 0.133. The predicted molar refractivity (Wildman–Crippen MR) is 71.0 cm³/mol. The highest BCUT2D eigenvalue weighted by molar-refractivity contribution is 5.91. The average molecular weight is 255 g/mol. The van der Waals surface area contributed by atoms with Gasteiger partial charge in [0.2, 0.25) is 0 Å². The van der Waals surface area contributed by atoms with Gasteiger partial charge in [0.25, 0.3) is 5.91 Å². The highest BCUT2D eigenvalue weighted by Crippen LogP contribution is 2.35. The van der Waals surface area contributed by atoms with Crippen LogP contribution in [0.25, 0.3) is 5.76 Å². The number of ether oxygens (including phenoxy) is 2. The van der Waals surface area contributed by atoms with E-state index in [2.05, 4.69) is 6.58 Å². The van der Waals surface area contributed by atoms with Gasteiger partial charge in [-0.2, -0.15) is 0 Å². The number of rotatable bonds is 1. The second kappa shape index (κ2) is 4.65. The van der Waals surface area contributed by atoms with Crippen molar-refractivity contribution < 1.29 is 14.3 Å². The largest absolute Gasteiger partial charge is 0.489 e. The van der Waals surface area contributed by atoms with Crippen LogP contribution < -0.4 is 4.74 Å². The first-order valence-electron chi connectivity index (χ1n) is 6.05. The molecule has 0 bridgehead atoms. The van der Waals surface area contributed by atoms with Gasteiger partial charge in [0.05, 0.1) is 24.1 Å². The van der Waals surface area contributed by atoms with Gasteiger partial charge in [-0.3, -0.25) is 4.79 Å². The van der Waals surface area contributed by atoms with Crippen LogP contribution in [0.5, 0.6) is 5.75 Å². The summed E-state index contributed by atoms with van der Waals surface area (Å²) < 4.78 is 11.3. The van der Waals surface area contributed by atoms with Crippen LogP contribution in [0.1, 0.15) is 5.56 Å². The average Bonchev–Trinajstić information content (AvgIpc) is 2.65. The van der Waals surface area contributed by atoms with Gasteiger partial charge in [0, 0.05) is 6.08 Å². The van der Waals surface area contributed by atoms with Crippen molar-refractivity contribution in [2.45, 2.75) is 0 Å². The van der Waals surface area contributed by atoms with Crippen molar-refractivity contribution >= 4 is 11.7 Å². The maximum absolute atomic E-state index is 11.9. The Morgan fingerprint density at radius 2 is 2.21 bits per heavy atom. The van der Waals surface area contributed by atoms with Gasteiger partial charge in [-0.25, -0.2) is 0 Å². The van der Waals surface area contributed by atoms with Crippen LogP contribution in [0.15, 0.2) is 55.0 Å². The predicted octanol–water partition coefficient (Wildman–Crippen LogP) is 2.31. The molecule has 0 radical (unpaired) electrons. The first-order chi connectivity index (χ1) is 9.31. The molecule has 19 heavy (non-hydrogen) atoms. The van der Waals surface area contributed by atoms with Crippen LogP contribution in [-0.4, -0.2) is 24.0 Å². The summed E-state index contributed by atoms with van der Waals surface area (Å²) in [5.41, 5.74) is 1.56. The van der Waals surface area contributed by atoms with E-state index in [9.17, 15) is 4.79 Å². The minimum absolute atomic E-state index is 0.139. The summed E-state index contributed by atoms with van der Waals surface area (Å²) in [4.78, 5) is 13.5. The first-order valence-corrected chi connectivity index (χ1v) is 6.05. The molecule has 4 heteroatoms. The third kappa shape index (κ3) is 1.91. The summed E-state index contributed by atoms with van der Waals surface area (Å²) in [7, 11) is 0. The number of amides is 1. The van der Waals surface area contributed by atoms with Crippen molar-refractivity contribution in [2.75, 3.05) is 13.2 Å². The Bertz CT molecular complexity index is 601. The number of fused-ring (bicyclic) bond motifs is 2. The van der Waals surface area contributed by atoms with Crippen molar-refractivity contribution in [3.63, 3.8) is 0 Å². The molecule has 2 aliphatic rings. The highest BCUT2D eigenvalue weighted by Gasteiger charge is 2.27. The summed E-state index contributed by atoms with van der Waals surface area (Å²) in [5.74, 6) is 1.25. The van der Waals surface area contributed by atoms with Gasteiger partial charge in [-0.05, 0) is 18.2 Å². The molecule has 0 unspecified atom stereocenters. The van der Waals surface area contributed by atoms with Crippen LogP contribution in [0.3, 0.4) is 0 Å². The quantitative estimate of drug-likeness (QED) is 0.723. The molecule has 0 atom stereocenters. The number of allylic oxidation sites excluding steroid dienone is 1. The Balaban J connectivity index is 2.15. The second-order valence-corrected chi connectivity index (χ2v) is 4.17. The molecule has 0 saturated heterocycles. The van der Waals surface area contributed by atoms with E-state index in [-0.39, 0.29) is 5.91 Å². The topological polar surface area (TPSA) is 38.8 Å². The first kappa shape index (κ1) is 11.6. The summed E-state index contributed by atoms with van der Waals surface area (Å²) in [6, 6.07) is 7.59. The highest BCUT2D eigenvalue weighted by atomic mass is 16.5. The van der Waals surface area contributed by atoms with E-state index in [0.29, 0.717) is 24.6 Å². The van der Waals surface area contributed by atoms with Crippen molar-refractivity contribution in [3.05, 3.63) is 60.5 Å². The zero-order valence-electron chi connectivity index (χ0n) is 10.3. The third-order valence-corrected chi connectivity index (χ3v) is 3.08. The van der Waals surface area contributed by atoms with Gasteiger partial charge in [0.15, 0.2) is 5.76 Å². The lowest BCUT2D eigenvalue weighted by Gasteiger charge is -2.29. The van der Waals surface area contributed by atoms with Crippen LogP contribution in [0, 0.1) is 0 Å². The molecule has 2 heterocycles. The number of para-hydroxylation sites is 1. The smallest absolute Gasteiger partial charge is 0.250 e. The number of nitrogens with zero attached hydrogens (tertiary/aromatic N) is 1. The van der Waals surface area contributed by atoms with Gasteiger partial charge in [-0.1, -0.05) is 18.7 Å². The molecule has 0 fully saturated rings. The van der Waals surface area contributed by atoms with Crippen molar-refractivity contribution in [2.24, 2.45) is 0 Å². The molecule has 0 saturated carbocycles. The van der Waals surface area contributed by atoms with E-state index >= 15 is 0 Å². The van der Waals surface area contributed by atoms with Crippen LogP contribution >= 0.6 is 0 Å². The molecule has 1 amide bonds. The Labute approximate surface area is 111 Å². The van der Waals surface area contributed by atoms with Crippen molar-refractivity contribution in [3.8, 4) is 5.75 Å². The molecule has 0 spiro atoms. The lowest BCUT2D eigenvalue weighted by atomic mass is 10.1. The summed E-state index contributed by atoms with van der Waals surface area (Å²) in [5, 5.41) is 0. The van der Waals surface area contributed by atoms with E-state index < -0.39 is 0 Å². The van der Waals surface area contributed by atoms with Gasteiger partial charge in [0.1, 0.15) is 12.4 Å². The van der Waals surface area contributed by atoms with Gasteiger partial charge >= 0.3 is 0 Å². The standard InChI is InChI=1S/C15H13NO3/c1-2-14(17)16-8-10-19-15-11-5-3-4-6-13(11)18-9-7-12(15)16/h2-7,9H,1,8,10H2. The molecular weight excluding hydrogens is 242 g/mol. The fourth-order valence-corrected chi connectivity index (χ4v) is 2.21. The lowest BCUT2D eigenvalue weighted by molar-refractivity contribution is -0.124. The number of hydrogen-bond donors (Lipinski definition) is 0. The van der Waals surface area contributed by atoms with Crippen LogP contribution in [0.2, 0.25) is 0 Å². The Morgan fingerprint density at radius 1 is 1.37 bits per heavy atom. The Morgan fingerprint density at radius 3 is 3.05 bits per heavy atom. The molecular formula is C15H13NO3. The summed E-state index contributed by atoms with van der Waals surface area (Å²) in [6.07, 6.45) is 4.62.